The molecule has 0 spiro atoms. The van der Waals surface area contributed by atoms with Gasteiger partial charge in [0, 0.05) is 4.75 Å². The summed E-state index contributed by atoms with van der Waals surface area (Å²) in [6, 6.07) is 0. The van der Waals surface area contributed by atoms with E-state index in [1.165, 1.54) is 0 Å². The van der Waals surface area contributed by atoms with Gasteiger partial charge in [-0.3, -0.25) is 4.79 Å². The first kappa shape index (κ1) is 15.8. The van der Waals surface area contributed by atoms with E-state index in [9.17, 15) is 9.90 Å². The summed E-state index contributed by atoms with van der Waals surface area (Å²) in [6.07, 6.45) is 1.51. The Morgan fingerprint density at radius 3 is 2.06 bits per heavy atom. The molecule has 0 atom stereocenters. The lowest BCUT2D eigenvalue weighted by Crippen LogP contribution is -2.51. The summed E-state index contributed by atoms with van der Waals surface area (Å²) < 4.78 is 0.0949. The molecule has 0 aromatic rings. The van der Waals surface area contributed by atoms with E-state index >= 15 is 0 Å². The van der Waals surface area contributed by atoms with Crippen molar-refractivity contribution in [3.05, 3.63) is 0 Å². The lowest BCUT2D eigenvalue weighted by molar-refractivity contribution is -0.121. The van der Waals surface area contributed by atoms with Gasteiger partial charge in [0.25, 0.3) is 0 Å². The Kier molecular flexibility index (Phi) is 6.41. The van der Waals surface area contributed by atoms with Crippen molar-refractivity contribution < 1.29 is 9.90 Å². The zero-order valence-corrected chi connectivity index (χ0v) is 11.9. The van der Waals surface area contributed by atoms with Crippen molar-refractivity contribution in [1.82, 2.24) is 5.32 Å². The molecule has 1 amide bonds. The molecular formula is C12H25NO2S. The van der Waals surface area contributed by atoms with Gasteiger partial charge < -0.3 is 10.4 Å². The van der Waals surface area contributed by atoms with Crippen LogP contribution in [0.1, 0.15) is 47.5 Å². The van der Waals surface area contributed by atoms with Crippen LogP contribution in [0.5, 0.6) is 0 Å². The number of aliphatic hydroxyl groups excluding tert-OH is 1. The second kappa shape index (κ2) is 6.50. The van der Waals surface area contributed by atoms with Crippen LogP contribution in [-0.4, -0.2) is 33.7 Å². The number of rotatable bonds is 6. The van der Waals surface area contributed by atoms with Crippen LogP contribution in [0.25, 0.3) is 0 Å². The molecular weight excluding hydrogens is 222 g/mol. The summed E-state index contributed by atoms with van der Waals surface area (Å²) in [5, 5.41) is 12.3. The van der Waals surface area contributed by atoms with E-state index in [1.54, 1.807) is 11.8 Å². The normalized spacial score (nSPS) is 12.6. The summed E-state index contributed by atoms with van der Waals surface area (Å²) in [5.41, 5.74) is -0.435. The maximum atomic E-state index is 11.7. The highest BCUT2D eigenvalue weighted by molar-refractivity contribution is 8.01. The summed E-state index contributed by atoms with van der Waals surface area (Å²) in [5.74, 6) is 0.461. The number of carbonyl (C=O) groups is 1. The molecule has 0 aromatic heterocycles. The Labute approximate surface area is 103 Å². The minimum atomic E-state index is -0.435. The number of aliphatic hydroxyl groups is 1. The van der Waals surface area contributed by atoms with Gasteiger partial charge in [-0.1, -0.05) is 34.6 Å². The molecule has 0 rings (SSSR count). The van der Waals surface area contributed by atoms with Gasteiger partial charge in [-0.25, -0.2) is 0 Å². The van der Waals surface area contributed by atoms with Crippen molar-refractivity contribution >= 4 is 17.7 Å². The molecule has 0 fully saturated rings. The number of amides is 1. The number of thioether (sulfide) groups is 1. The lowest BCUT2D eigenvalue weighted by atomic mass is 9.94. The van der Waals surface area contributed by atoms with Crippen molar-refractivity contribution in [3.63, 3.8) is 0 Å². The first-order chi connectivity index (χ1) is 7.28. The Morgan fingerprint density at radius 1 is 1.25 bits per heavy atom. The van der Waals surface area contributed by atoms with Crippen molar-refractivity contribution in [1.29, 1.82) is 0 Å². The molecule has 0 aliphatic heterocycles. The third kappa shape index (κ3) is 5.75. The van der Waals surface area contributed by atoms with Gasteiger partial charge in [-0.2, -0.15) is 0 Å². The van der Waals surface area contributed by atoms with Crippen molar-refractivity contribution in [2.45, 2.75) is 57.7 Å². The van der Waals surface area contributed by atoms with Crippen LogP contribution in [0.3, 0.4) is 0 Å². The second-order valence-corrected chi connectivity index (χ2v) is 6.90. The molecule has 0 aliphatic carbocycles. The lowest BCUT2D eigenvalue weighted by Gasteiger charge is -2.31. The minimum Gasteiger partial charge on any atom is -0.394 e. The van der Waals surface area contributed by atoms with E-state index in [1.807, 2.05) is 13.8 Å². The van der Waals surface area contributed by atoms with Gasteiger partial charge in [0.1, 0.15) is 0 Å². The van der Waals surface area contributed by atoms with Gasteiger partial charge in [-0.05, 0) is 12.8 Å². The fraction of sp³-hybridized carbons (Fsp3) is 0.917. The highest BCUT2D eigenvalue weighted by Gasteiger charge is 2.27. The monoisotopic (exact) mass is 247 g/mol. The molecule has 0 radical (unpaired) electrons. The molecule has 0 unspecified atom stereocenters. The van der Waals surface area contributed by atoms with E-state index in [-0.39, 0.29) is 17.3 Å². The third-order valence-electron chi connectivity index (χ3n) is 2.70. The Hall–Kier alpha value is -0.220. The third-order valence-corrected chi connectivity index (χ3v) is 3.97. The first-order valence-corrected chi connectivity index (χ1v) is 6.83. The Balaban J connectivity index is 4.21. The quantitative estimate of drug-likeness (QED) is 0.756. The SMILES string of the molecule is CCC(CC)(CO)NC(=O)CSC(C)(C)C. The van der Waals surface area contributed by atoms with Crippen LogP contribution < -0.4 is 5.32 Å². The fourth-order valence-corrected chi connectivity index (χ4v) is 1.94. The van der Waals surface area contributed by atoms with E-state index in [4.69, 9.17) is 0 Å². The summed E-state index contributed by atoms with van der Waals surface area (Å²) >= 11 is 1.62. The largest absolute Gasteiger partial charge is 0.394 e. The van der Waals surface area contributed by atoms with Crippen molar-refractivity contribution in [2.24, 2.45) is 0 Å². The molecule has 4 heteroatoms. The van der Waals surface area contributed by atoms with Crippen LogP contribution in [0, 0.1) is 0 Å². The molecule has 0 heterocycles. The molecule has 0 saturated carbocycles. The van der Waals surface area contributed by atoms with Gasteiger partial charge in [-0.15, -0.1) is 11.8 Å². The molecule has 0 aromatic carbocycles. The van der Waals surface area contributed by atoms with Gasteiger partial charge >= 0.3 is 0 Å². The summed E-state index contributed by atoms with van der Waals surface area (Å²) in [4.78, 5) is 11.7. The Morgan fingerprint density at radius 2 is 1.75 bits per heavy atom. The van der Waals surface area contributed by atoms with E-state index in [2.05, 4.69) is 26.1 Å². The fourth-order valence-electron chi connectivity index (χ4n) is 1.30. The van der Waals surface area contributed by atoms with Crippen LogP contribution in [-0.2, 0) is 4.79 Å². The second-order valence-electron chi connectivity index (χ2n) is 5.09. The molecule has 96 valence electrons. The molecule has 3 nitrogen and oxygen atoms in total. The molecule has 16 heavy (non-hydrogen) atoms. The molecule has 2 N–H and O–H groups in total. The minimum absolute atomic E-state index is 0.00588. The zero-order valence-electron chi connectivity index (χ0n) is 11.1. The highest BCUT2D eigenvalue weighted by atomic mass is 32.2. The summed E-state index contributed by atoms with van der Waals surface area (Å²) in [6.45, 7) is 10.2. The van der Waals surface area contributed by atoms with E-state index in [0.717, 1.165) is 12.8 Å². The predicted molar refractivity (Wildman–Crippen MR) is 70.8 cm³/mol. The maximum Gasteiger partial charge on any atom is 0.230 e. The van der Waals surface area contributed by atoms with Crippen molar-refractivity contribution in [3.8, 4) is 0 Å². The van der Waals surface area contributed by atoms with Gasteiger partial charge in [0.15, 0.2) is 0 Å². The highest BCUT2D eigenvalue weighted by Crippen LogP contribution is 2.23. The standard InChI is InChI=1S/C12H25NO2S/c1-6-12(7-2,9-14)13-10(15)8-16-11(3,4)5/h14H,6-9H2,1-5H3,(H,13,15). The van der Waals surface area contributed by atoms with Gasteiger partial charge in [0.2, 0.25) is 5.91 Å². The average molecular weight is 247 g/mol. The predicted octanol–water partition coefficient (Wildman–Crippen LogP) is 2.19. The average Bonchev–Trinajstić information content (AvgIpc) is 2.22. The van der Waals surface area contributed by atoms with E-state index in [0.29, 0.717) is 5.75 Å². The number of hydrogen-bond donors (Lipinski definition) is 2. The van der Waals surface area contributed by atoms with Gasteiger partial charge in [0.05, 0.1) is 17.9 Å². The van der Waals surface area contributed by atoms with Crippen molar-refractivity contribution in [2.75, 3.05) is 12.4 Å². The summed E-state index contributed by atoms with van der Waals surface area (Å²) in [7, 11) is 0. The van der Waals surface area contributed by atoms with Crippen LogP contribution in [0.15, 0.2) is 0 Å². The topological polar surface area (TPSA) is 49.3 Å². The molecule has 0 aliphatic rings. The number of nitrogens with one attached hydrogen (secondary N) is 1. The molecule has 0 bridgehead atoms. The van der Waals surface area contributed by atoms with E-state index < -0.39 is 5.54 Å². The maximum absolute atomic E-state index is 11.7. The molecule has 0 saturated heterocycles. The number of hydrogen-bond acceptors (Lipinski definition) is 3. The van der Waals surface area contributed by atoms with Crippen LogP contribution in [0.2, 0.25) is 0 Å². The Bertz CT molecular complexity index is 211. The number of carbonyl (C=O) groups excluding carboxylic acids is 1. The zero-order chi connectivity index (χ0) is 12.8. The smallest absolute Gasteiger partial charge is 0.230 e. The van der Waals surface area contributed by atoms with Crippen LogP contribution in [0.4, 0.5) is 0 Å². The van der Waals surface area contributed by atoms with Crippen LogP contribution >= 0.6 is 11.8 Å². The first-order valence-electron chi connectivity index (χ1n) is 5.84.